The molecule has 4 nitrogen and oxygen atoms in total. The number of piperidine rings is 1. The van der Waals surface area contributed by atoms with E-state index >= 15 is 0 Å². The highest BCUT2D eigenvalue weighted by Gasteiger charge is 2.38. The molecule has 1 aromatic rings. The molecule has 0 bridgehead atoms. The van der Waals surface area contributed by atoms with Gasteiger partial charge >= 0.3 is 0 Å². The van der Waals surface area contributed by atoms with E-state index in [0.717, 1.165) is 12.8 Å². The molecule has 2 saturated heterocycles. The lowest BCUT2D eigenvalue weighted by molar-refractivity contribution is -0.138. The van der Waals surface area contributed by atoms with Gasteiger partial charge in [0.25, 0.3) is 0 Å². The number of halogens is 2. The molecular weight excluding hydrogens is 295 g/mol. The molecule has 3 rings (SSSR count). The fourth-order valence-electron chi connectivity index (χ4n) is 3.07. The van der Waals surface area contributed by atoms with E-state index in [1.165, 1.54) is 23.1 Å². The fraction of sp³-hybridized carbons (Fsp3) is 0.467. The third kappa shape index (κ3) is 2.62. The number of amides is 2. The number of hydrogen-bond acceptors (Lipinski definition) is 2. The number of carbonyl (C=O) groups excluding carboxylic acids is 2. The van der Waals surface area contributed by atoms with E-state index in [2.05, 4.69) is 0 Å². The second kappa shape index (κ2) is 5.64. The number of hydrogen-bond donors (Lipinski definition) is 0. The van der Waals surface area contributed by atoms with Crippen molar-refractivity contribution < 1.29 is 14.0 Å². The molecule has 2 aliphatic heterocycles. The summed E-state index contributed by atoms with van der Waals surface area (Å²) in [5.41, 5.74) is 0.475. The lowest BCUT2D eigenvalue weighted by Gasteiger charge is -2.34. The van der Waals surface area contributed by atoms with Crippen LogP contribution < -0.4 is 4.90 Å². The zero-order valence-electron chi connectivity index (χ0n) is 11.5. The fourth-order valence-corrected chi connectivity index (χ4v) is 3.34. The van der Waals surface area contributed by atoms with Crippen molar-refractivity contribution in [2.24, 2.45) is 0 Å². The third-order valence-electron chi connectivity index (χ3n) is 4.12. The first-order valence-electron chi connectivity index (χ1n) is 7.14. The summed E-state index contributed by atoms with van der Waals surface area (Å²) in [6.45, 7) is 0.927. The summed E-state index contributed by atoms with van der Waals surface area (Å²) < 4.78 is 13.2. The van der Waals surface area contributed by atoms with Gasteiger partial charge in [0, 0.05) is 19.5 Å². The van der Waals surface area contributed by atoms with Gasteiger partial charge in [0.15, 0.2) is 0 Å². The molecule has 0 radical (unpaired) electrons. The summed E-state index contributed by atoms with van der Waals surface area (Å²) in [5.74, 6) is -0.552. The number of fused-ring (bicyclic) bond motifs is 1. The maximum atomic E-state index is 13.2. The maximum absolute atomic E-state index is 13.2. The topological polar surface area (TPSA) is 40.6 Å². The van der Waals surface area contributed by atoms with Crippen LogP contribution in [0.25, 0.3) is 0 Å². The first kappa shape index (κ1) is 14.3. The minimum absolute atomic E-state index is 0.00813. The van der Waals surface area contributed by atoms with Crippen molar-refractivity contribution in [1.29, 1.82) is 0 Å². The zero-order chi connectivity index (χ0) is 15.0. The van der Waals surface area contributed by atoms with Crippen LogP contribution in [0.3, 0.4) is 0 Å². The third-order valence-corrected chi connectivity index (χ3v) is 4.43. The molecule has 0 N–H and O–H groups in total. The summed E-state index contributed by atoms with van der Waals surface area (Å²) in [4.78, 5) is 28.1. The monoisotopic (exact) mass is 310 g/mol. The first-order chi connectivity index (χ1) is 10.1. The van der Waals surface area contributed by atoms with Crippen LogP contribution in [-0.4, -0.2) is 35.8 Å². The van der Waals surface area contributed by atoms with Gasteiger partial charge in [0.05, 0.1) is 10.7 Å². The van der Waals surface area contributed by atoms with Gasteiger partial charge in [-0.15, -0.1) is 0 Å². The molecular formula is C15H16ClFN2O2. The van der Waals surface area contributed by atoms with Crippen LogP contribution in [0.2, 0.25) is 5.02 Å². The lowest BCUT2D eigenvalue weighted by atomic mass is 10.0. The Hall–Kier alpha value is -1.62. The van der Waals surface area contributed by atoms with E-state index in [4.69, 9.17) is 11.6 Å². The minimum atomic E-state index is -0.443. The molecule has 21 heavy (non-hydrogen) atoms. The minimum Gasteiger partial charge on any atom is -0.331 e. The van der Waals surface area contributed by atoms with Gasteiger partial charge in [-0.25, -0.2) is 4.39 Å². The van der Waals surface area contributed by atoms with Crippen LogP contribution >= 0.6 is 11.6 Å². The molecule has 2 fully saturated rings. The van der Waals surface area contributed by atoms with Crippen molar-refractivity contribution in [3.05, 3.63) is 29.0 Å². The molecule has 2 heterocycles. The smallest absolute Gasteiger partial charge is 0.249 e. The van der Waals surface area contributed by atoms with Gasteiger partial charge in [-0.05, 0) is 37.5 Å². The first-order valence-corrected chi connectivity index (χ1v) is 7.51. The predicted octanol–water partition coefficient (Wildman–Crippen LogP) is 2.60. The molecule has 1 unspecified atom stereocenters. The Morgan fingerprint density at radius 2 is 2.00 bits per heavy atom. The molecule has 0 saturated carbocycles. The number of nitrogens with zero attached hydrogens (tertiary/aromatic N) is 2. The van der Waals surface area contributed by atoms with E-state index in [1.807, 2.05) is 0 Å². The molecule has 2 aliphatic rings. The van der Waals surface area contributed by atoms with Crippen LogP contribution in [0.4, 0.5) is 10.1 Å². The van der Waals surface area contributed by atoms with Crippen LogP contribution in [0, 0.1) is 5.82 Å². The van der Waals surface area contributed by atoms with Gasteiger partial charge in [-0.1, -0.05) is 11.6 Å². The molecule has 0 aromatic heterocycles. The number of rotatable bonds is 1. The highest BCUT2D eigenvalue weighted by molar-refractivity contribution is 6.34. The number of anilines is 1. The number of benzene rings is 1. The van der Waals surface area contributed by atoms with E-state index < -0.39 is 11.9 Å². The average molecular weight is 311 g/mol. The Labute approximate surface area is 127 Å². The van der Waals surface area contributed by atoms with Gasteiger partial charge in [-0.3, -0.25) is 9.59 Å². The van der Waals surface area contributed by atoms with Crippen molar-refractivity contribution in [1.82, 2.24) is 4.90 Å². The Morgan fingerprint density at radius 1 is 1.19 bits per heavy atom. The van der Waals surface area contributed by atoms with Gasteiger partial charge in [0.1, 0.15) is 11.9 Å². The summed E-state index contributed by atoms with van der Waals surface area (Å²) in [7, 11) is 0. The normalized spacial score (nSPS) is 23.0. The lowest BCUT2D eigenvalue weighted by Crippen LogP contribution is -2.49. The molecule has 2 amide bonds. The van der Waals surface area contributed by atoms with Gasteiger partial charge in [-0.2, -0.15) is 0 Å². The zero-order valence-corrected chi connectivity index (χ0v) is 12.3. The van der Waals surface area contributed by atoms with Crippen LogP contribution in [0.15, 0.2) is 18.2 Å². The van der Waals surface area contributed by atoms with Crippen LogP contribution in [0.1, 0.15) is 25.7 Å². The van der Waals surface area contributed by atoms with Crippen LogP contribution in [0.5, 0.6) is 0 Å². The molecule has 0 aliphatic carbocycles. The van der Waals surface area contributed by atoms with Crippen LogP contribution in [-0.2, 0) is 9.59 Å². The summed E-state index contributed by atoms with van der Waals surface area (Å²) in [5, 5.41) is 0.194. The second-order valence-corrected chi connectivity index (χ2v) is 5.84. The Bertz CT molecular complexity index is 593. The van der Waals surface area contributed by atoms with Crippen molar-refractivity contribution in [3.8, 4) is 0 Å². The average Bonchev–Trinajstić information content (AvgIpc) is 2.59. The second-order valence-electron chi connectivity index (χ2n) is 5.43. The molecule has 6 heteroatoms. The maximum Gasteiger partial charge on any atom is 0.249 e. The molecule has 1 atom stereocenters. The van der Waals surface area contributed by atoms with E-state index in [9.17, 15) is 14.0 Å². The van der Waals surface area contributed by atoms with Gasteiger partial charge < -0.3 is 9.80 Å². The summed E-state index contributed by atoms with van der Waals surface area (Å²) in [6.07, 6.45) is 2.83. The quantitative estimate of drug-likeness (QED) is 0.800. The van der Waals surface area contributed by atoms with Crippen molar-refractivity contribution in [2.75, 3.05) is 18.0 Å². The summed E-state index contributed by atoms with van der Waals surface area (Å²) in [6, 6.07) is 3.56. The molecule has 0 spiro atoms. The Kier molecular flexibility index (Phi) is 3.85. The summed E-state index contributed by atoms with van der Waals surface area (Å²) >= 11 is 6.06. The van der Waals surface area contributed by atoms with E-state index in [0.29, 0.717) is 18.7 Å². The number of carbonyl (C=O) groups is 2. The standard InChI is InChI=1S/C15H16ClFN2O2/c16-11-9-10(17)4-5-12(11)19-8-6-14(20)18-7-2-1-3-13(18)15(19)21/h4-5,9,13H,1-3,6-8H2. The van der Waals surface area contributed by atoms with E-state index in [-0.39, 0.29) is 29.8 Å². The Balaban J connectivity index is 1.95. The van der Waals surface area contributed by atoms with Crippen molar-refractivity contribution >= 4 is 29.1 Å². The van der Waals surface area contributed by atoms with E-state index in [1.54, 1.807) is 4.90 Å². The highest BCUT2D eigenvalue weighted by atomic mass is 35.5. The molecule has 112 valence electrons. The van der Waals surface area contributed by atoms with Gasteiger partial charge in [0.2, 0.25) is 11.8 Å². The SMILES string of the molecule is O=C1C2CCCCN2C(=O)CCN1c1ccc(F)cc1Cl. The molecule has 1 aromatic carbocycles. The largest absolute Gasteiger partial charge is 0.331 e. The predicted molar refractivity (Wildman–Crippen MR) is 77.7 cm³/mol. The van der Waals surface area contributed by atoms with Crippen molar-refractivity contribution in [2.45, 2.75) is 31.7 Å². The Morgan fingerprint density at radius 3 is 2.76 bits per heavy atom. The van der Waals surface area contributed by atoms with Crippen molar-refractivity contribution in [3.63, 3.8) is 0 Å². The highest BCUT2D eigenvalue weighted by Crippen LogP contribution is 2.31.